The van der Waals surface area contributed by atoms with Crippen molar-refractivity contribution in [2.24, 2.45) is 0 Å². The molecule has 7 heteroatoms. The van der Waals surface area contributed by atoms with Crippen LogP contribution in [0.2, 0.25) is 0 Å². The van der Waals surface area contributed by atoms with Crippen LogP contribution in [0.3, 0.4) is 0 Å². The molecule has 0 atom stereocenters. The normalized spacial score (nSPS) is 10.8. The van der Waals surface area contributed by atoms with Gasteiger partial charge in [0.15, 0.2) is 11.5 Å². The highest BCUT2D eigenvalue weighted by Crippen LogP contribution is 2.38. The standard InChI is InChI=1S/C20H17BrN2O4/c1-3-9-27-20-18(21)11-14(12-19(20)26-4-2)10-16(13-22)15-5-7-17(8-6-15)23(24)25/h3,5-8,10-12H,1,4,9H2,2H3/b16-10-. The summed E-state index contributed by atoms with van der Waals surface area (Å²) in [5.41, 5.74) is 1.66. The smallest absolute Gasteiger partial charge is 0.269 e. The molecule has 0 amide bonds. The zero-order valence-electron chi connectivity index (χ0n) is 14.6. The molecule has 0 fully saturated rings. The molecule has 0 spiro atoms. The molecule has 0 heterocycles. The molecular formula is C20H17BrN2O4. The third-order valence-corrected chi connectivity index (χ3v) is 4.09. The summed E-state index contributed by atoms with van der Waals surface area (Å²) in [7, 11) is 0. The molecule has 2 aromatic rings. The number of non-ortho nitro benzene ring substituents is 1. The molecule has 0 bridgehead atoms. The van der Waals surface area contributed by atoms with Gasteiger partial charge >= 0.3 is 0 Å². The van der Waals surface area contributed by atoms with Crippen molar-refractivity contribution in [3.8, 4) is 17.6 Å². The molecule has 0 N–H and O–H groups in total. The molecule has 2 aromatic carbocycles. The van der Waals surface area contributed by atoms with Crippen molar-refractivity contribution in [1.29, 1.82) is 5.26 Å². The van der Waals surface area contributed by atoms with Crippen LogP contribution in [0.5, 0.6) is 11.5 Å². The minimum Gasteiger partial charge on any atom is -0.490 e. The van der Waals surface area contributed by atoms with Gasteiger partial charge in [0.2, 0.25) is 0 Å². The van der Waals surface area contributed by atoms with Crippen LogP contribution in [0.1, 0.15) is 18.1 Å². The first-order chi connectivity index (χ1) is 13.0. The van der Waals surface area contributed by atoms with E-state index in [9.17, 15) is 15.4 Å². The van der Waals surface area contributed by atoms with Crippen molar-refractivity contribution in [2.75, 3.05) is 13.2 Å². The van der Waals surface area contributed by atoms with Crippen molar-refractivity contribution >= 4 is 33.3 Å². The summed E-state index contributed by atoms with van der Waals surface area (Å²) in [6, 6.07) is 11.5. The molecule has 27 heavy (non-hydrogen) atoms. The maximum absolute atomic E-state index is 10.8. The molecule has 0 radical (unpaired) electrons. The van der Waals surface area contributed by atoms with Gasteiger partial charge in [0, 0.05) is 12.1 Å². The summed E-state index contributed by atoms with van der Waals surface area (Å²) in [6.07, 6.45) is 3.32. The zero-order chi connectivity index (χ0) is 19.8. The number of allylic oxidation sites excluding steroid dienone is 1. The van der Waals surface area contributed by atoms with E-state index in [2.05, 4.69) is 28.6 Å². The van der Waals surface area contributed by atoms with E-state index in [0.717, 1.165) is 5.56 Å². The molecular weight excluding hydrogens is 412 g/mol. The summed E-state index contributed by atoms with van der Waals surface area (Å²) in [6.45, 7) is 6.29. The number of nitro benzene ring substituents is 1. The fourth-order valence-electron chi connectivity index (χ4n) is 2.33. The Hall–Kier alpha value is -3.11. The van der Waals surface area contributed by atoms with Gasteiger partial charge in [-0.25, -0.2) is 0 Å². The number of nitrogens with zero attached hydrogens (tertiary/aromatic N) is 2. The largest absolute Gasteiger partial charge is 0.490 e. The lowest BCUT2D eigenvalue weighted by Crippen LogP contribution is -2.00. The van der Waals surface area contributed by atoms with Gasteiger partial charge in [0.05, 0.1) is 27.6 Å². The van der Waals surface area contributed by atoms with Crippen LogP contribution < -0.4 is 9.47 Å². The van der Waals surface area contributed by atoms with E-state index in [4.69, 9.17) is 9.47 Å². The molecule has 0 aliphatic carbocycles. The van der Waals surface area contributed by atoms with Gasteiger partial charge in [0.1, 0.15) is 6.61 Å². The highest BCUT2D eigenvalue weighted by molar-refractivity contribution is 9.10. The van der Waals surface area contributed by atoms with Gasteiger partial charge in [-0.05, 0) is 64.3 Å². The second kappa shape index (κ2) is 9.55. The quantitative estimate of drug-likeness (QED) is 0.185. The van der Waals surface area contributed by atoms with E-state index in [1.165, 1.54) is 12.1 Å². The summed E-state index contributed by atoms with van der Waals surface area (Å²) in [5.74, 6) is 1.10. The van der Waals surface area contributed by atoms with Gasteiger partial charge in [-0.2, -0.15) is 5.26 Å². The lowest BCUT2D eigenvalue weighted by molar-refractivity contribution is -0.384. The van der Waals surface area contributed by atoms with Gasteiger partial charge in [-0.1, -0.05) is 12.7 Å². The first-order valence-electron chi connectivity index (χ1n) is 8.06. The third kappa shape index (κ3) is 5.19. The fourth-order valence-corrected chi connectivity index (χ4v) is 2.90. The van der Waals surface area contributed by atoms with Crippen molar-refractivity contribution in [2.45, 2.75) is 6.92 Å². The minimum atomic E-state index is -0.479. The monoisotopic (exact) mass is 428 g/mol. The predicted molar refractivity (Wildman–Crippen MR) is 108 cm³/mol. The summed E-state index contributed by atoms with van der Waals surface area (Å²) < 4.78 is 12.0. The summed E-state index contributed by atoms with van der Waals surface area (Å²) in [5, 5.41) is 20.3. The molecule has 138 valence electrons. The van der Waals surface area contributed by atoms with Crippen LogP contribution in [0.15, 0.2) is 53.5 Å². The Bertz CT molecular complexity index is 915. The lowest BCUT2D eigenvalue weighted by atomic mass is 10.0. The van der Waals surface area contributed by atoms with E-state index < -0.39 is 4.92 Å². The average Bonchev–Trinajstić information content (AvgIpc) is 2.66. The number of nitriles is 1. The van der Waals surface area contributed by atoms with Crippen LogP contribution >= 0.6 is 15.9 Å². The molecule has 0 saturated carbocycles. The Morgan fingerprint density at radius 2 is 2.04 bits per heavy atom. The molecule has 0 aliphatic heterocycles. The maximum atomic E-state index is 10.8. The number of nitro groups is 1. The molecule has 0 aromatic heterocycles. The van der Waals surface area contributed by atoms with Gasteiger partial charge in [-0.3, -0.25) is 10.1 Å². The third-order valence-electron chi connectivity index (χ3n) is 3.50. The lowest BCUT2D eigenvalue weighted by Gasteiger charge is -2.14. The van der Waals surface area contributed by atoms with Gasteiger partial charge in [-0.15, -0.1) is 0 Å². The van der Waals surface area contributed by atoms with E-state index in [0.29, 0.717) is 40.3 Å². The molecule has 6 nitrogen and oxygen atoms in total. The Morgan fingerprint density at radius 3 is 2.59 bits per heavy atom. The molecule has 2 rings (SSSR count). The molecule has 0 saturated heterocycles. The van der Waals surface area contributed by atoms with Crippen LogP contribution in [-0.2, 0) is 0 Å². The van der Waals surface area contributed by atoms with Gasteiger partial charge < -0.3 is 9.47 Å². The minimum absolute atomic E-state index is 0.0267. The Morgan fingerprint density at radius 1 is 1.33 bits per heavy atom. The fraction of sp³-hybridized carbons (Fsp3) is 0.150. The Kier molecular flexibility index (Phi) is 7.15. The molecule has 0 aliphatic rings. The van der Waals surface area contributed by atoms with E-state index in [1.807, 2.05) is 13.0 Å². The van der Waals surface area contributed by atoms with E-state index >= 15 is 0 Å². The van der Waals surface area contributed by atoms with Crippen molar-refractivity contribution in [3.05, 3.63) is 74.8 Å². The average molecular weight is 429 g/mol. The molecule has 0 unspecified atom stereocenters. The van der Waals surface area contributed by atoms with Crippen LogP contribution in [0, 0.1) is 21.4 Å². The van der Waals surface area contributed by atoms with Gasteiger partial charge in [0.25, 0.3) is 5.69 Å². The van der Waals surface area contributed by atoms with Crippen molar-refractivity contribution in [3.63, 3.8) is 0 Å². The number of hydrogen-bond acceptors (Lipinski definition) is 5. The Labute approximate surface area is 165 Å². The number of halogens is 1. The number of ether oxygens (including phenoxy) is 2. The highest BCUT2D eigenvalue weighted by atomic mass is 79.9. The van der Waals surface area contributed by atoms with Crippen molar-refractivity contribution < 1.29 is 14.4 Å². The first-order valence-corrected chi connectivity index (χ1v) is 8.86. The predicted octanol–water partition coefficient (Wildman–Crippen LogP) is 5.38. The summed E-state index contributed by atoms with van der Waals surface area (Å²) in [4.78, 5) is 10.3. The second-order valence-corrected chi connectivity index (χ2v) is 6.19. The highest BCUT2D eigenvalue weighted by Gasteiger charge is 2.13. The van der Waals surface area contributed by atoms with E-state index in [1.54, 1.807) is 30.4 Å². The van der Waals surface area contributed by atoms with Crippen LogP contribution in [0.4, 0.5) is 5.69 Å². The SMILES string of the molecule is C=CCOc1c(Br)cc(/C=C(/C#N)c2ccc([N+](=O)[O-])cc2)cc1OCC. The number of hydrogen-bond donors (Lipinski definition) is 0. The van der Waals surface area contributed by atoms with Crippen molar-refractivity contribution in [1.82, 2.24) is 0 Å². The Balaban J connectivity index is 2.44. The number of benzene rings is 2. The first kappa shape index (κ1) is 20.2. The topological polar surface area (TPSA) is 85.4 Å². The second-order valence-electron chi connectivity index (χ2n) is 5.34. The number of rotatable bonds is 8. The van der Waals surface area contributed by atoms with Crippen LogP contribution in [0.25, 0.3) is 11.6 Å². The zero-order valence-corrected chi connectivity index (χ0v) is 16.2. The maximum Gasteiger partial charge on any atom is 0.269 e. The van der Waals surface area contributed by atoms with Crippen LogP contribution in [-0.4, -0.2) is 18.1 Å². The van der Waals surface area contributed by atoms with E-state index in [-0.39, 0.29) is 5.69 Å². The summed E-state index contributed by atoms with van der Waals surface area (Å²) >= 11 is 3.47.